The molecular weight excluding hydrogens is 336 g/mol. The lowest BCUT2D eigenvalue weighted by molar-refractivity contribution is 0.0584. The van der Waals surface area contributed by atoms with E-state index >= 15 is 0 Å². The Kier molecular flexibility index (Phi) is 4.68. The molecule has 4 heterocycles. The predicted molar refractivity (Wildman–Crippen MR) is 93.4 cm³/mol. The van der Waals surface area contributed by atoms with Crippen molar-refractivity contribution in [2.24, 2.45) is 5.92 Å². The van der Waals surface area contributed by atoms with Crippen LogP contribution in [0.15, 0.2) is 42.7 Å². The zero-order valence-electron chi connectivity index (χ0n) is 14.4. The van der Waals surface area contributed by atoms with E-state index in [1.54, 1.807) is 12.4 Å². The second-order valence-electron chi connectivity index (χ2n) is 7.26. The van der Waals surface area contributed by atoms with Crippen molar-refractivity contribution in [2.75, 3.05) is 19.6 Å². The van der Waals surface area contributed by atoms with Crippen molar-refractivity contribution in [3.05, 3.63) is 65.5 Å². The maximum Gasteiger partial charge on any atom is 0.254 e. The van der Waals surface area contributed by atoms with Crippen LogP contribution in [0.4, 0.5) is 8.78 Å². The lowest BCUT2D eigenvalue weighted by Crippen LogP contribution is -2.47. The van der Waals surface area contributed by atoms with Crippen molar-refractivity contribution in [1.82, 2.24) is 14.8 Å². The molecule has 0 saturated carbocycles. The summed E-state index contributed by atoms with van der Waals surface area (Å²) in [5.41, 5.74) is 1.29. The molecule has 26 heavy (non-hydrogen) atoms. The zero-order chi connectivity index (χ0) is 18.1. The van der Waals surface area contributed by atoms with E-state index in [1.165, 1.54) is 5.56 Å². The number of pyridine rings is 1. The Balaban J connectivity index is 1.52. The molecule has 0 radical (unpaired) electrons. The minimum Gasteiger partial charge on any atom is -0.334 e. The van der Waals surface area contributed by atoms with Crippen LogP contribution in [-0.2, 0) is 6.54 Å². The number of fused-ring (bicyclic) bond motifs is 4. The minimum atomic E-state index is -0.715. The molecule has 5 rings (SSSR count). The highest BCUT2D eigenvalue weighted by Crippen LogP contribution is 2.30. The molecule has 6 heteroatoms. The molecular formula is C20H21F2N3O. The third-order valence-corrected chi connectivity index (χ3v) is 5.32. The molecule has 2 aromatic rings. The van der Waals surface area contributed by atoms with E-state index in [4.69, 9.17) is 0 Å². The fraction of sp³-hybridized carbons (Fsp3) is 0.400. The number of halogens is 2. The van der Waals surface area contributed by atoms with Gasteiger partial charge in [-0.1, -0.05) is 0 Å². The third-order valence-electron chi connectivity index (χ3n) is 5.32. The third kappa shape index (κ3) is 3.60. The molecule has 1 aromatic heterocycles. The quantitative estimate of drug-likeness (QED) is 0.847. The average molecular weight is 357 g/mol. The van der Waals surface area contributed by atoms with E-state index in [-0.39, 0.29) is 17.5 Å². The lowest BCUT2D eigenvalue weighted by Gasteiger charge is -2.36. The summed E-state index contributed by atoms with van der Waals surface area (Å²) in [4.78, 5) is 21.1. The summed E-state index contributed by atoms with van der Waals surface area (Å²) < 4.78 is 27.0. The molecule has 3 aliphatic heterocycles. The number of aromatic nitrogens is 1. The molecule has 3 fully saturated rings. The van der Waals surface area contributed by atoms with Crippen LogP contribution in [0, 0.1) is 17.6 Å². The predicted octanol–water partition coefficient (Wildman–Crippen LogP) is 3.10. The molecule has 4 nitrogen and oxygen atoms in total. The van der Waals surface area contributed by atoms with Crippen LogP contribution < -0.4 is 0 Å². The van der Waals surface area contributed by atoms with Gasteiger partial charge >= 0.3 is 0 Å². The molecule has 2 bridgehead atoms. The van der Waals surface area contributed by atoms with Crippen LogP contribution in [0.3, 0.4) is 0 Å². The monoisotopic (exact) mass is 357 g/mol. The van der Waals surface area contributed by atoms with Crippen molar-refractivity contribution in [2.45, 2.75) is 25.4 Å². The van der Waals surface area contributed by atoms with E-state index in [0.29, 0.717) is 12.5 Å². The largest absolute Gasteiger partial charge is 0.334 e. The van der Waals surface area contributed by atoms with Crippen molar-refractivity contribution in [3.63, 3.8) is 0 Å². The van der Waals surface area contributed by atoms with E-state index in [1.807, 2.05) is 17.0 Å². The van der Waals surface area contributed by atoms with Crippen LogP contribution in [-0.4, -0.2) is 46.4 Å². The molecule has 3 saturated heterocycles. The first-order valence-electron chi connectivity index (χ1n) is 8.97. The van der Waals surface area contributed by atoms with E-state index < -0.39 is 11.6 Å². The summed E-state index contributed by atoms with van der Waals surface area (Å²) in [5, 5.41) is 0. The summed E-state index contributed by atoms with van der Waals surface area (Å²) in [5.74, 6) is -1.32. The first kappa shape index (κ1) is 17.1. The van der Waals surface area contributed by atoms with Gasteiger partial charge in [-0.25, -0.2) is 8.78 Å². The molecule has 0 N–H and O–H groups in total. The van der Waals surface area contributed by atoms with Crippen LogP contribution in [0.25, 0.3) is 0 Å². The number of benzene rings is 1. The second-order valence-corrected chi connectivity index (χ2v) is 7.26. The Hall–Kier alpha value is -2.34. The summed E-state index contributed by atoms with van der Waals surface area (Å²) in [6.45, 7) is 3.18. The van der Waals surface area contributed by atoms with E-state index in [2.05, 4.69) is 9.88 Å². The van der Waals surface area contributed by atoms with Gasteiger partial charge in [-0.05, 0) is 48.6 Å². The van der Waals surface area contributed by atoms with Gasteiger partial charge in [0.05, 0.1) is 0 Å². The number of piperidine rings is 1. The van der Waals surface area contributed by atoms with Gasteiger partial charge in [0.1, 0.15) is 11.6 Å². The molecule has 1 aromatic carbocycles. The molecule has 1 amide bonds. The van der Waals surface area contributed by atoms with Gasteiger partial charge in [-0.3, -0.25) is 14.7 Å². The summed E-state index contributed by atoms with van der Waals surface area (Å²) in [7, 11) is 0. The summed E-state index contributed by atoms with van der Waals surface area (Å²) in [6.07, 6.45) is 5.59. The number of carbonyl (C=O) groups is 1. The smallest absolute Gasteiger partial charge is 0.254 e. The maximum absolute atomic E-state index is 13.5. The van der Waals surface area contributed by atoms with Gasteiger partial charge in [0.15, 0.2) is 0 Å². The fourth-order valence-corrected chi connectivity index (χ4v) is 4.15. The number of hydrogen-bond acceptors (Lipinski definition) is 3. The Labute approximate surface area is 151 Å². The standard InChI is InChI=1S/C20H21F2N3O/c21-17-7-16(8-18(22)9-17)20(26)25-12-15-1-2-19(25)13-24(11-15)10-14-3-5-23-6-4-14/h3-9,15,19H,1-2,10-13H2. The van der Waals surface area contributed by atoms with E-state index in [0.717, 1.165) is 50.7 Å². The van der Waals surface area contributed by atoms with Gasteiger partial charge < -0.3 is 4.90 Å². The second kappa shape index (κ2) is 7.11. The maximum atomic E-state index is 13.5. The Morgan fingerprint density at radius 3 is 2.50 bits per heavy atom. The number of nitrogens with zero attached hydrogens (tertiary/aromatic N) is 3. The van der Waals surface area contributed by atoms with Crippen molar-refractivity contribution in [1.29, 1.82) is 0 Å². The first-order chi connectivity index (χ1) is 12.6. The normalized spacial score (nSPS) is 23.1. The number of amides is 1. The first-order valence-corrected chi connectivity index (χ1v) is 8.97. The molecule has 136 valence electrons. The van der Waals surface area contributed by atoms with Gasteiger partial charge in [0.25, 0.3) is 5.91 Å². The van der Waals surface area contributed by atoms with Crippen molar-refractivity contribution >= 4 is 5.91 Å². The topological polar surface area (TPSA) is 36.4 Å². The van der Waals surface area contributed by atoms with Gasteiger partial charge in [-0.2, -0.15) is 0 Å². The van der Waals surface area contributed by atoms with E-state index in [9.17, 15) is 13.6 Å². The Morgan fingerprint density at radius 1 is 1.04 bits per heavy atom. The highest BCUT2D eigenvalue weighted by molar-refractivity contribution is 5.94. The molecule has 0 aliphatic carbocycles. The number of carbonyl (C=O) groups excluding carboxylic acids is 1. The highest BCUT2D eigenvalue weighted by atomic mass is 19.1. The fourth-order valence-electron chi connectivity index (χ4n) is 4.15. The van der Waals surface area contributed by atoms with Crippen LogP contribution in [0.1, 0.15) is 28.8 Å². The summed E-state index contributed by atoms with van der Waals surface area (Å²) in [6, 6.07) is 7.13. The molecule has 2 unspecified atom stereocenters. The van der Waals surface area contributed by atoms with Gasteiger partial charge in [0.2, 0.25) is 0 Å². The Bertz CT molecular complexity index is 779. The van der Waals surface area contributed by atoms with Crippen molar-refractivity contribution in [3.8, 4) is 0 Å². The number of hydrogen-bond donors (Lipinski definition) is 0. The van der Waals surface area contributed by atoms with Crippen molar-refractivity contribution < 1.29 is 13.6 Å². The molecule has 2 atom stereocenters. The van der Waals surface area contributed by atoms with Gasteiger partial charge in [0, 0.05) is 56.2 Å². The number of rotatable bonds is 3. The lowest BCUT2D eigenvalue weighted by atomic mass is 9.94. The highest BCUT2D eigenvalue weighted by Gasteiger charge is 2.37. The van der Waals surface area contributed by atoms with Crippen LogP contribution in [0.2, 0.25) is 0 Å². The zero-order valence-corrected chi connectivity index (χ0v) is 14.4. The Morgan fingerprint density at radius 2 is 1.77 bits per heavy atom. The SMILES string of the molecule is O=C(c1cc(F)cc(F)c1)N1CC2CCC1CN(Cc1ccncc1)C2. The van der Waals surface area contributed by atoms with Crippen LogP contribution in [0.5, 0.6) is 0 Å². The molecule has 0 spiro atoms. The van der Waals surface area contributed by atoms with Crippen LogP contribution >= 0.6 is 0 Å². The molecule has 3 aliphatic rings. The average Bonchev–Trinajstić information content (AvgIpc) is 2.91. The van der Waals surface area contributed by atoms with Gasteiger partial charge in [-0.15, -0.1) is 0 Å². The summed E-state index contributed by atoms with van der Waals surface area (Å²) >= 11 is 0. The minimum absolute atomic E-state index is 0.0782.